The van der Waals surface area contributed by atoms with E-state index in [4.69, 9.17) is 9.05 Å². The first kappa shape index (κ1) is 15.8. The van der Waals surface area contributed by atoms with Crippen molar-refractivity contribution >= 4 is 7.82 Å². The van der Waals surface area contributed by atoms with Gasteiger partial charge < -0.3 is 18.9 Å². The van der Waals surface area contributed by atoms with E-state index in [1.54, 1.807) is 6.20 Å². The minimum atomic E-state index is -4.13. The molecule has 6 heteroatoms. The third kappa shape index (κ3) is 5.80. The maximum Gasteiger partial charge on any atom is 0.267 e. The van der Waals surface area contributed by atoms with Gasteiger partial charge in [-0.1, -0.05) is 25.7 Å². The standard InChI is InChI=1S/C14H24NO4P/c16-20(17,19-11-8-14-7-9-15-12-14)18-10-3-6-13-4-1-2-5-13/h7,9,12-13,15H,1-6,8,10-11H2,(H,16,17)/p-1. The number of rotatable bonds is 9. The summed E-state index contributed by atoms with van der Waals surface area (Å²) in [4.78, 5) is 14.4. The zero-order valence-electron chi connectivity index (χ0n) is 11.8. The van der Waals surface area contributed by atoms with E-state index in [0.717, 1.165) is 24.3 Å². The van der Waals surface area contributed by atoms with Crippen molar-refractivity contribution in [1.29, 1.82) is 0 Å². The number of nitrogens with one attached hydrogen (secondary N) is 1. The molecule has 1 fully saturated rings. The molecule has 1 aromatic rings. The van der Waals surface area contributed by atoms with Crippen molar-refractivity contribution in [3.8, 4) is 0 Å². The first-order chi connectivity index (χ1) is 9.66. The summed E-state index contributed by atoms with van der Waals surface area (Å²) in [6.07, 6.45) is 11.2. The maximum absolute atomic E-state index is 11.5. The van der Waals surface area contributed by atoms with Crippen LogP contribution >= 0.6 is 7.82 Å². The summed E-state index contributed by atoms with van der Waals surface area (Å²) in [6.45, 7) is 0.364. The summed E-state index contributed by atoms with van der Waals surface area (Å²) in [5.74, 6) is 0.763. The lowest BCUT2D eigenvalue weighted by atomic mass is 10.0. The van der Waals surface area contributed by atoms with Crippen molar-refractivity contribution in [2.75, 3.05) is 13.2 Å². The van der Waals surface area contributed by atoms with E-state index < -0.39 is 7.82 Å². The molecule has 0 amide bonds. The zero-order chi connectivity index (χ0) is 14.3. The van der Waals surface area contributed by atoms with Gasteiger partial charge in [0.05, 0.1) is 13.2 Å². The van der Waals surface area contributed by atoms with Crippen molar-refractivity contribution in [3.05, 3.63) is 24.0 Å². The Morgan fingerprint density at radius 3 is 2.75 bits per heavy atom. The third-order valence-electron chi connectivity index (χ3n) is 3.78. The number of H-pyrrole nitrogens is 1. The highest BCUT2D eigenvalue weighted by atomic mass is 31.2. The Hall–Kier alpha value is -0.610. The van der Waals surface area contributed by atoms with Crippen LogP contribution in [0.4, 0.5) is 0 Å². The van der Waals surface area contributed by atoms with Crippen LogP contribution in [0.15, 0.2) is 18.5 Å². The average molecular weight is 300 g/mol. The molecule has 0 saturated heterocycles. The second-order valence-corrected chi connectivity index (χ2v) is 6.79. The van der Waals surface area contributed by atoms with Crippen LogP contribution in [0.3, 0.4) is 0 Å². The van der Waals surface area contributed by atoms with Gasteiger partial charge in [0.1, 0.15) is 0 Å². The maximum atomic E-state index is 11.5. The Kier molecular flexibility index (Phi) is 6.30. The number of aromatic nitrogens is 1. The first-order valence-electron chi connectivity index (χ1n) is 7.37. The SMILES string of the molecule is O=P([O-])(OCCCC1CCCC1)OCCc1cc[nH]c1. The molecule has 1 aliphatic rings. The molecule has 1 unspecified atom stereocenters. The van der Waals surface area contributed by atoms with Crippen molar-refractivity contribution in [1.82, 2.24) is 4.98 Å². The normalized spacial score (nSPS) is 19.2. The molecule has 1 atom stereocenters. The summed E-state index contributed by atoms with van der Waals surface area (Å²) in [5, 5.41) is 0. The van der Waals surface area contributed by atoms with Crippen LogP contribution in [0.1, 0.15) is 44.1 Å². The van der Waals surface area contributed by atoms with Crippen LogP contribution in [0.25, 0.3) is 0 Å². The largest absolute Gasteiger partial charge is 0.756 e. The van der Waals surface area contributed by atoms with E-state index in [2.05, 4.69) is 4.98 Å². The highest BCUT2D eigenvalue weighted by Crippen LogP contribution is 2.39. The number of phosphoric ester groups is 1. The van der Waals surface area contributed by atoms with Crippen molar-refractivity contribution in [2.24, 2.45) is 5.92 Å². The number of phosphoric acid groups is 1. The fourth-order valence-corrected chi connectivity index (χ4v) is 3.42. The van der Waals surface area contributed by atoms with Gasteiger partial charge in [0.25, 0.3) is 7.82 Å². The van der Waals surface area contributed by atoms with Gasteiger partial charge in [-0.15, -0.1) is 0 Å². The van der Waals surface area contributed by atoms with E-state index in [0.29, 0.717) is 6.42 Å². The van der Waals surface area contributed by atoms with E-state index >= 15 is 0 Å². The summed E-state index contributed by atoms with van der Waals surface area (Å²) in [6, 6.07) is 1.89. The smallest absolute Gasteiger partial charge is 0.267 e. The van der Waals surface area contributed by atoms with Crippen LogP contribution in [0.5, 0.6) is 0 Å². The molecule has 0 aliphatic heterocycles. The van der Waals surface area contributed by atoms with E-state index in [9.17, 15) is 9.46 Å². The van der Waals surface area contributed by atoms with E-state index in [1.165, 1.54) is 25.7 Å². The fourth-order valence-electron chi connectivity index (χ4n) is 2.67. The van der Waals surface area contributed by atoms with Gasteiger partial charge in [-0.25, -0.2) is 0 Å². The molecule has 0 spiro atoms. The molecular weight excluding hydrogens is 277 g/mol. The van der Waals surface area contributed by atoms with Crippen LogP contribution in [-0.4, -0.2) is 18.2 Å². The fraction of sp³-hybridized carbons (Fsp3) is 0.714. The average Bonchev–Trinajstić information content (AvgIpc) is 3.07. The second kappa shape index (κ2) is 7.99. The van der Waals surface area contributed by atoms with Gasteiger partial charge in [0, 0.05) is 12.4 Å². The molecule has 0 radical (unpaired) electrons. The Morgan fingerprint density at radius 1 is 1.30 bits per heavy atom. The van der Waals surface area contributed by atoms with Crippen molar-refractivity contribution in [3.63, 3.8) is 0 Å². The topological polar surface area (TPSA) is 74.4 Å². The predicted octanol–water partition coefficient (Wildman–Crippen LogP) is 3.03. The highest BCUT2D eigenvalue weighted by molar-refractivity contribution is 7.45. The van der Waals surface area contributed by atoms with Gasteiger partial charge in [-0.3, -0.25) is 4.57 Å². The van der Waals surface area contributed by atoms with Gasteiger partial charge in [-0.05, 0) is 36.8 Å². The molecule has 1 saturated carbocycles. The van der Waals surface area contributed by atoms with Crippen molar-refractivity contribution < 1.29 is 18.5 Å². The third-order valence-corrected chi connectivity index (χ3v) is 4.78. The van der Waals surface area contributed by atoms with Crippen LogP contribution in [0, 0.1) is 5.92 Å². The lowest BCUT2D eigenvalue weighted by Crippen LogP contribution is -2.11. The Balaban J connectivity index is 1.54. The summed E-state index contributed by atoms with van der Waals surface area (Å²) in [7, 11) is -4.13. The number of aromatic amines is 1. The minimum Gasteiger partial charge on any atom is -0.756 e. The molecule has 20 heavy (non-hydrogen) atoms. The Morgan fingerprint density at radius 2 is 2.05 bits per heavy atom. The molecular formula is C14H23NO4P-. The highest BCUT2D eigenvalue weighted by Gasteiger charge is 2.15. The van der Waals surface area contributed by atoms with Gasteiger partial charge in [0.15, 0.2) is 0 Å². The lowest BCUT2D eigenvalue weighted by Gasteiger charge is -2.22. The van der Waals surface area contributed by atoms with Crippen LogP contribution in [0.2, 0.25) is 0 Å². The number of hydrogen-bond acceptors (Lipinski definition) is 4. The van der Waals surface area contributed by atoms with Crippen LogP contribution in [-0.2, 0) is 20.0 Å². The molecule has 1 aromatic heterocycles. The van der Waals surface area contributed by atoms with Gasteiger partial charge in [-0.2, -0.15) is 0 Å². The lowest BCUT2D eigenvalue weighted by molar-refractivity contribution is -0.225. The zero-order valence-corrected chi connectivity index (χ0v) is 12.6. The molecule has 1 aliphatic carbocycles. The Labute approximate surface area is 120 Å². The second-order valence-electron chi connectivity index (χ2n) is 5.38. The molecule has 0 aromatic carbocycles. The monoisotopic (exact) mass is 300 g/mol. The van der Waals surface area contributed by atoms with Gasteiger partial charge in [0.2, 0.25) is 0 Å². The summed E-state index contributed by atoms with van der Waals surface area (Å²) in [5.41, 5.74) is 1.02. The quantitative estimate of drug-likeness (QED) is 0.562. The van der Waals surface area contributed by atoms with Crippen molar-refractivity contribution in [2.45, 2.75) is 44.9 Å². The first-order valence-corrected chi connectivity index (χ1v) is 8.83. The van der Waals surface area contributed by atoms with E-state index in [-0.39, 0.29) is 13.2 Å². The summed E-state index contributed by atoms with van der Waals surface area (Å²) < 4.78 is 21.2. The van der Waals surface area contributed by atoms with Crippen LogP contribution < -0.4 is 4.89 Å². The predicted molar refractivity (Wildman–Crippen MR) is 75.2 cm³/mol. The Bertz CT molecular complexity index is 415. The summed E-state index contributed by atoms with van der Waals surface area (Å²) >= 11 is 0. The van der Waals surface area contributed by atoms with Gasteiger partial charge >= 0.3 is 0 Å². The molecule has 1 N–H and O–H groups in total. The number of hydrogen-bond donors (Lipinski definition) is 1. The minimum absolute atomic E-state index is 0.126. The molecule has 2 rings (SSSR count). The van der Waals surface area contributed by atoms with E-state index in [1.807, 2.05) is 12.3 Å². The molecule has 1 heterocycles. The molecule has 0 bridgehead atoms. The molecule has 5 nitrogen and oxygen atoms in total. The molecule has 114 valence electrons.